The second-order valence-electron chi connectivity index (χ2n) is 7.18. The van der Waals surface area contributed by atoms with Crippen molar-refractivity contribution in [2.24, 2.45) is 0 Å². The van der Waals surface area contributed by atoms with Gasteiger partial charge >= 0.3 is 0 Å². The van der Waals surface area contributed by atoms with Gasteiger partial charge in [0.25, 0.3) is 5.91 Å². The molecule has 1 saturated heterocycles. The van der Waals surface area contributed by atoms with E-state index in [0.29, 0.717) is 31.1 Å². The summed E-state index contributed by atoms with van der Waals surface area (Å²) in [6.07, 6.45) is 0. The first-order chi connectivity index (χ1) is 14.5. The number of halogens is 2. The van der Waals surface area contributed by atoms with Gasteiger partial charge in [0.15, 0.2) is 23.1 Å². The Morgan fingerprint density at radius 1 is 1.07 bits per heavy atom. The van der Waals surface area contributed by atoms with Gasteiger partial charge in [-0.25, -0.2) is 8.78 Å². The highest BCUT2D eigenvalue weighted by Crippen LogP contribution is 2.33. The molecule has 1 N–H and O–H groups in total. The number of carbonyl (C=O) groups is 2. The molecule has 1 atom stereocenters. The number of amides is 2. The van der Waals surface area contributed by atoms with Crippen molar-refractivity contribution in [2.75, 3.05) is 33.5 Å². The third-order valence-corrected chi connectivity index (χ3v) is 5.28. The Morgan fingerprint density at radius 3 is 2.63 bits per heavy atom. The van der Waals surface area contributed by atoms with Gasteiger partial charge in [-0.2, -0.15) is 0 Å². The highest BCUT2D eigenvalue weighted by molar-refractivity contribution is 5.97. The number of rotatable bonds is 4. The molecule has 0 aromatic heterocycles. The highest BCUT2D eigenvalue weighted by Gasteiger charge is 2.35. The first kappa shape index (κ1) is 20.1. The number of benzene rings is 2. The fourth-order valence-corrected chi connectivity index (χ4v) is 3.71. The Balaban J connectivity index is 1.50. The van der Waals surface area contributed by atoms with E-state index >= 15 is 0 Å². The normalized spacial score (nSPS) is 18.4. The molecule has 0 saturated carbocycles. The number of nitrogens with zero attached hydrogens (tertiary/aromatic N) is 2. The number of hydrogen-bond acceptors (Lipinski definition) is 5. The van der Waals surface area contributed by atoms with Crippen molar-refractivity contribution < 1.29 is 27.8 Å². The van der Waals surface area contributed by atoms with Gasteiger partial charge in [0.1, 0.15) is 6.04 Å². The number of piperazine rings is 1. The summed E-state index contributed by atoms with van der Waals surface area (Å²) in [5, 5.41) is 2.58. The minimum Gasteiger partial charge on any atom is -0.454 e. The average Bonchev–Trinajstić information content (AvgIpc) is 3.22. The van der Waals surface area contributed by atoms with Crippen molar-refractivity contribution in [1.29, 1.82) is 0 Å². The van der Waals surface area contributed by atoms with Crippen molar-refractivity contribution in [2.45, 2.75) is 12.6 Å². The van der Waals surface area contributed by atoms with Gasteiger partial charge in [-0.3, -0.25) is 14.5 Å². The monoisotopic (exact) mass is 417 g/mol. The molecule has 4 rings (SSSR count). The van der Waals surface area contributed by atoms with Crippen LogP contribution in [0.15, 0.2) is 36.4 Å². The van der Waals surface area contributed by atoms with Crippen LogP contribution in [0.4, 0.5) is 8.78 Å². The van der Waals surface area contributed by atoms with Crippen LogP contribution in [-0.4, -0.2) is 61.1 Å². The lowest BCUT2D eigenvalue weighted by Gasteiger charge is -2.40. The lowest BCUT2D eigenvalue weighted by molar-refractivity contribution is -0.127. The zero-order valence-electron chi connectivity index (χ0n) is 16.4. The van der Waals surface area contributed by atoms with Gasteiger partial charge < -0.3 is 19.7 Å². The maximum absolute atomic E-state index is 13.6. The van der Waals surface area contributed by atoms with Crippen molar-refractivity contribution in [3.05, 3.63) is 59.2 Å². The number of carbonyl (C=O) groups excluding carboxylic acids is 2. The lowest BCUT2D eigenvalue weighted by Crippen LogP contribution is -2.60. The molecule has 0 radical (unpaired) electrons. The van der Waals surface area contributed by atoms with Crippen molar-refractivity contribution >= 4 is 11.8 Å². The van der Waals surface area contributed by atoms with E-state index < -0.39 is 23.6 Å². The summed E-state index contributed by atoms with van der Waals surface area (Å²) >= 11 is 0. The highest BCUT2D eigenvalue weighted by atomic mass is 19.2. The van der Waals surface area contributed by atoms with E-state index in [4.69, 9.17) is 9.47 Å². The van der Waals surface area contributed by atoms with Crippen LogP contribution >= 0.6 is 0 Å². The largest absolute Gasteiger partial charge is 0.454 e. The van der Waals surface area contributed by atoms with Gasteiger partial charge in [0, 0.05) is 38.8 Å². The third kappa shape index (κ3) is 3.93. The molecule has 2 aliphatic heterocycles. The topological polar surface area (TPSA) is 71.1 Å². The molecule has 30 heavy (non-hydrogen) atoms. The Bertz CT molecular complexity index is 985. The molecule has 9 heteroatoms. The minimum absolute atomic E-state index is 0.00650. The molecule has 1 unspecified atom stereocenters. The second kappa shape index (κ2) is 8.27. The predicted octanol–water partition coefficient (Wildman–Crippen LogP) is 1.77. The van der Waals surface area contributed by atoms with Crippen molar-refractivity contribution in [3.63, 3.8) is 0 Å². The Hall–Kier alpha value is -3.20. The number of hydrogen-bond donors (Lipinski definition) is 1. The summed E-state index contributed by atoms with van der Waals surface area (Å²) in [6.45, 7) is 1.88. The summed E-state index contributed by atoms with van der Waals surface area (Å²) < 4.78 is 37.5. The molecule has 2 amide bonds. The Kier molecular flexibility index (Phi) is 5.54. The number of likely N-dealkylation sites (N-methyl/N-ethyl adjacent to an activating group) is 1. The molecule has 158 valence electrons. The van der Waals surface area contributed by atoms with Gasteiger partial charge in [-0.1, -0.05) is 6.07 Å². The number of fused-ring (bicyclic) bond motifs is 1. The molecular formula is C21H21F2N3O4. The van der Waals surface area contributed by atoms with Crippen LogP contribution in [0.5, 0.6) is 11.5 Å². The van der Waals surface area contributed by atoms with Crippen LogP contribution in [0.25, 0.3) is 0 Å². The van der Waals surface area contributed by atoms with Gasteiger partial charge in [0.2, 0.25) is 12.7 Å². The fraction of sp³-hybridized carbons (Fsp3) is 0.333. The average molecular weight is 417 g/mol. The van der Waals surface area contributed by atoms with E-state index in [9.17, 15) is 18.4 Å². The van der Waals surface area contributed by atoms with Crippen LogP contribution in [-0.2, 0) is 11.3 Å². The Morgan fingerprint density at radius 2 is 1.87 bits per heavy atom. The fourth-order valence-electron chi connectivity index (χ4n) is 3.71. The third-order valence-electron chi connectivity index (χ3n) is 5.28. The zero-order chi connectivity index (χ0) is 21.3. The number of nitrogens with one attached hydrogen (secondary N) is 1. The second-order valence-corrected chi connectivity index (χ2v) is 7.18. The maximum atomic E-state index is 13.6. The Labute approximate surface area is 172 Å². The molecular weight excluding hydrogens is 396 g/mol. The molecule has 2 heterocycles. The zero-order valence-corrected chi connectivity index (χ0v) is 16.4. The molecule has 0 bridgehead atoms. The van der Waals surface area contributed by atoms with Crippen LogP contribution in [0.1, 0.15) is 15.9 Å². The molecule has 0 aliphatic carbocycles. The smallest absolute Gasteiger partial charge is 0.254 e. The summed E-state index contributed by atoms with van der Waals surface area (Å²) in [7, 11) is 1.50. The predicted molar refractivity (Wildman–Crippen MR) is 103 cm³/mol. The number of ether oxygens (including phenoxy) is 2. The molecule has 2 aliphatic rings. The first-order valence-corrected chi connectivity index (χ1v) is 9.55. The van der Waals surface area contributed by atoms with Crippen LogP contribution < -0.4 is 14.8 Å². The van der Waals surface area contributed by atoms with Crippen LogP contribution in [0.2, 0.25) is 0 Å². The summed E-state index contributed by atoms with van der Waals surface area (Å²) in [5.41, 5.74) is 1.00. The van der Waals surface area contributed by atoms with E-state index in [-0.39, 0.29) is 24.8 Å². The van der Waals surface area contributed by atoms with E-state index in [1.807, 2.05) is 18.2 Å². The summed E-state index contributed by atoms with van der Waals surface area (Å²) in [4.78, 5) is 28.8. The quantitative estimate of drug-likeness (QED) is 0.821. The lowest BCUT2D eigenvalue weighted by atomic mass is 10.1. The van der Waals surface area contributed by atoms with E-state index in [2.05, 4.69) is 10.2 Å². The van der Waals surface area contributed by atoms with E-state index in [1.54, 1.807) is 0 Å². The maximum Gasteiger partial charge on any atom is 0.254 e. The minimum atomic E-state index is -1.10. The van der Waals surface area contributed by atoms with E-state index in [1.165, 1.54) is 18.0 Å². The van der Waals surface area contributed by atoms with E-state index in [0.717, 1.165) is 17.7 Å². The van der Waals surface area contributed by atoms with Crippen molar-refractivity contribution in [1.82, 2.24) is 15.1 Å². The summed E-state index contributed by atoms with van der Waals surface area (Å²) in [6, 6.07) is 7.91. The molecule has 0 spiro atoms. The van der Waals surface area contributed by atoms with Crippen molar-refractivity contribution in [3.8, 4) is 11.5 Å². The SMILES string of the molecule is CNC(=O)C1CN(Cc2ccc3c(c2)OCO3)CCN1C(=O)c1ccc(F)c(F)c1. The first-order valence-electron chi connectivity index (χ1n) is 9.55. The molecule has 1 fully saturated rings. The van der Waals surface area contributed by atoms with Gasteiger partial charge in [-0.05, 0) is 35.9 Å². The molecule has 7 nitrogen and oxygen atoms in total. The van der Waals surface area contributed by atoms with Crippen LogP contribution in [0, 0.1) is 11.6 Å². The molecule has 2 aromatic rings. The molecule has 2 aromatic carbocycles. The van der Waals surface area contributed by atoms with Gasteiger partial charge in [-0.15, -0.1) is 0 Å². The summed E-state index contributed by atoms with van der Waals surface area (Å²) in [5.74, 6) is -1.57. The van der Waals surface area contributed by atoms with Crippen LogP contribution in [0.3, 0.4) is 0 Å². The van der Waals surface area contributed by atoms with Gasteiger partial charge in [0.05, 0.1) is 0 Å². The standard InChI is InChI=1S/C21H21F2N3O4/c1-24-20(27)17-11-25(10-13-2-5-18-19(8-13)30-12-29-18)6-7-26(17)21(28)14-3-4-15(22)16(23)9-14/h2-5,8-9,17H,6-7,10-12H2,1H3,(H,24,27).